The van der Waals surface area contributed by atoms with E-state index in [1.54, 1.807) is 0 Å². The fraction of sp³-hybridized carbons (Fsp3) is 1.00. The molecule has 2 atom stereocenters. The summed E-state index contributed by atoms with van der Waals surface area (Å²) in [6, 6.07) is 0. The van der Waals surface area contributed by atoms with Gasteiger partial charge in [0.1, 0.15) is 0 Å². The Labute approximate surface area is 101 Å². The number of halogens is 1. The fourth-order valence-corrected chi connectivity index (χ4v) is 2.97. The number of likely N-dealkylation sites (tertiary alicyclic amines) is 1. The Morgan fingerprint density at radius 3 is 2.87 bits per heavy atom. The zero-order valence-corrected chi connectivity index (χ0v) is 11.1. The van der Waals surface area contributed by atoms with Crippen molar-refractivity contribution in [1.29, 1.82) is 0 Å². The minimum Gasteiger partial charge on any atom is -0.375 e. The van der Waals surface area contributed by atoms with Gasteiger partial charge in [0.2, 0.25) is 0 Å². The third-order valence-corrected chi connectivity index (χ3v) is 4.12. The van der Waals surface area contributed by atoms with Crippen molar-refractivity contribution in [2.24, 2.45) is 5.92 Å². The molecule has 0 N–H and O–H groups in total. The van der Waals surface area contributed by atoms with Gasteiger partial charge in [0.25, 0.3) is 0 Å². The van der Waals surface area contributed by atoms with Gasteiger partial charge in [-0.25, -0.2) is 0 Å². The van der Waals surface area contributed by atoms with Crippen LogP contribution in [-0.4, -0.2) is 67.6 Å². The maximum Gasteiger partial charge on any atom is 0.0799 e. The van der Waals surface area contributed by atoms with Crippen LogP contribution in [0.25, 0.3) is 0 Å². The van der Waals surface area contributed by atoms with Crippen molar-refractivity contribution in [3.05, 3.63) is 0 Å². The van der Waals surface area contributed by atoms with Crippen LogP contribution in [0.3, 0.4) is 0 Å². The minimum atomic E-state index is 0.401. The van der Waals surface area contributed by atoms with Crippen LogP contribution in [0.5, 0.6) is 0 Å². The first-order valence-corrected chi connectivity index (χ1v) is 6.98. The fourth-order valence-electron chi connectivity index (χ4n) is 2.58. The molecule has 2 saturated heterocycles. The summed E-state index contributed by atoms with van der Waals surface area (Å²) < 4.78 is 5.64. The van der Waals surface area contributed by atoms with Crippen molar-refractivity contribution in [2.45, 2.75) is 12.5 Å². The third kappa shape index (κ3) is 3.41. The molecule has 0 aromatic rings. The number of morpholine rings is 1. The molecule has 4 heteroatoms. The molecule has 0 bridgehead atoms. The highest BCUT2D eigenvalue weighted by atomic mass is 79.9. The maximum atomic E-state index is 5.64. The molecule has 0 aromatic heterocycles. The Hall–Kier alpha value is 0.360. The molecule has 2 aliphatic rings. The molecule has 2 aliphatic heterocycles. The number of alkyl halides is 1. The normalized spacial score (nSPS) is 34.8. The standard InChI is InChI=1S/C11H21BrN2O/c1-13-3-2-10(7-13)8-14-4-5-15-11(6-12)9-14/h10-11H,2-9H2,1H3. The van der Waals surface area contributed by atoms with E-state index in [1.807, 2.05) is 0 Å². The van der Waals surface area contributed by atoms with Crippen molar-refractivity contribution in [2.75, 3.05) is 51.7 Å². The topological polar surface area (TPSA) is 15.7 Å². The summed E-state index contributed by atoms with van der Waals surface area (Å²) in [5.41, 5.74) is 0. The molecule has 2 unspecified atom stereocenters. The number of nitrogens with zero attached hydrogens (tertiary/aromatic N) is 2. The van der Waals surface area contributed by atoms with Crippen molar-refractivity contribution in [3.8, 4) is 0 Å². The van der Waals surface area contributed by atoms with Crippen LogP contribution in [0, 0.1) is 5.92 Å². The molecule has 0 spiro atoms. The van der Waals surface area contributed by atoms with Gasteiger partial charge in [0, 0.05) is 31.5 Å². The highest BCUT2D eigenvalue weighted by Crippen LogP contribution is 2.17. The third-order valence-electron chi connectivity index (χ3n) is 3.40. The van der Waals surface area contributed by atoms with E-state index in [2.05, 4.69) is 32.8 Å². The summed E-state index contributed by atoms with van der Waals surface area (Å²) in [6.07, 6.45) is 1.77. The first-order valence-electron chi connectivity index (χ1n) is 5.86. The van der Waals surface area contributed by atoms with E-state index in [0.717, 1.165) is 30.9 Å². The lowest BCUT2D eigenvalue weighted by atomic mass is 10.1. The van der Waals surface area contributed by atoms with E-state index in [1.165, 1.54) is 26.1 Å². The molecule has 0 amide bonds. The zero-order chi connectivity index (χ0) is 10.7. The molecule has 2 rings (SSSR count). The van der Waals surface area contributed by atoms with E-state index in [-0.39, 0.29) is 0 Å². The average molecular weight is 277 g/mol. The second-order valence-corrected chi connectivity index (χ2v) is 5.47. The number of hydrogen-bond acceptors (Lipinski definition) is 3. The molecular weight excluding hydrogens is 256 g/mol. The highest BCUT2D eigenvalue weighted by Gasteiger charge is 2.25. The van der Waals surface area contributed by atoms with Crippen LogP contribution in [0.15, 0.2) is 0 Å². The van der Waals surface area contributed by atoms with Gasteiger partial charge < -0.3 is 9.64 Å². The molecule has 2 fully saturated rings. The average Bonchev–Trinajstić information content (AvgIpc) is 2.64. The van der Waals surface area contributed by atoms with Crippen LogP contribution in [0.4, 0.5) is 0 Å². The number of hydrogen-bond donors (Lipinski definition) is 0. The van der Waals surface area contributed by atoms with Crippen LogP contribution >= 0.6 is 15.9 Å². The summed E-state index contributed by atoms with van der Waals surface area (Å²) in [5, 5.41) is 0.966. The van der Waals surface area contributed by atoms with Gasteiger partial charge in [0.15, 0.2) is 0 Å². The molecular formula is C11H21BrN2O. The number of rotatable bonds is 3. The summed E-state index contributed by atoms with van der Waals surface area (Å²) in [6.45, 7) is 6.93. The summed E-state index contributed by atoms with van der Waals surface area (Å²) in [7, 11) is 2.22. The molecule has 2 heterocycles. The minimum absolute atomic E-state index is 0.401. The second kappa shape index (κ2) is 5.62. The summed E-state index contributed by atoms with van der Waals surface area (Å²) in [5.74, 6) is 0.879. The molecule has 0 aliphatic carbocycles. The lowest BCUT2D eigenvalue weighted by Crippen LogP contribution is -2.45. The first-order chi connectivity index (χ1) is 7.28. The van der Waals surface area contributed by atoms with Crippen molar-refractivity contribution < 1.29 is 4.74 Å². The van der Waals surface area contributed by atoms with Crippen molar-refractivity contribution in [3.63, 3.8) is 0 Å². The van der Waals surface area contributed by atoms with E-state index < -0.39 is 0 Å². The van der Waals surface area contributed by atoms with Crippen LogP contribution in [-0.2, 0) is 4.74 Å². The highest BCUT2D eigenvalue weighted by molar-refractivity contribution is 9.09. The van der Waals surface area contributed by atoms with E-state index in [0.29, 0.717) is 6.10 Å². The SMILES string of the molecule is CN1CCC(CN2CCOC(CBr)C2)C1. The Balaban J connectivity index is 1.74. The van der Waals surface area contributed by atoms with Gasteiger partial charge >= 0.3 is 0 Å². The van der Waals surface area contributed by atoms with Gasteiger partial charge in [-0.3, -0.25) is 4.90 Å². The van der Waals surface area contributed by atoms with E-state index in [4.69, 9.17) is 4.74 Å². The molecule has 88 valence electrons. The lowest BCUT2D eigenvalue weighted by Gasteiger charge is -2.33. The monoisotopic (exact) mass is 276 g/mol. The molecule has 0 saturated carbocycles. The summed E-state index contributed by atoms with van der Waals surface area (Å²) >= 11 is 3.50. The van der Waals surface area contributed by atoms with Crippen LogP contribution in [0.1, 0.15) is 6.42 Å². The first kappa shape index (κ1) is 11.8. The quantitative estimate of drug-likeness (QED) is 0.717. The Bertz CT molecular complexity index is 203. The van der Waals surface area contributed by atoms with Gasteiger partial charge in [-0.1, -0.05) is 15.9 Å². The van der Waals surface area contributed by atoms with Crippen molar-refractivity contribution in [1.82, 2.24) is 9.80 Å². The Morgan fingerprint density at radius 1 is 1.33 bits per heavy atom. The second-order valence-electron chi connectivity index (χ2n) is 4.82. The van der Waals surface area contributed by atoms with Gasteiger partial charge in [-0.2, -0.15) is 0 Å². The van der Waals surface area contributed by atoms with Gasteiger partial charge in [0.05, 0.1) is 12.7 Å². The predicted molar refractivity (Wildman–Crippen MR) is 65.6 cm³/mol. The Kier molecular flexibility index (Phi) is 4.43. The maximum absolute atomic E-state index is 5.64. The van der Waals surface area contributed by atoms with Crippen LogP contribution < -0.4 is 0 Å². The molecule has 0 aromatic carbocycles. The largest absolute Gasteiger partial charge is 0.375 e. The van der Waals surface area contributed by atoms with E-state index >= 15 is 0 Å². The smallest absolute Gasteiger partial charge is 0.0799 e. The number of ether oxygens (including phenoxy) is 1. The van der Waals surface area contributed by atoms with Crippen LogP contribution in [0.2, 0.25) is 0 Å². The zero-order valence-electron chi connectivity index (χ0n) is 9.49. The summed E-state index contributed by atoms with van der Waals surface area (Å²) in [4.78, 5) is 5.01. The molecule has 15 heavy (non-hydrogen) atoms. The lowest BCUT2D eigenvalue weighted by molar-refractivity contribution is -0.0195. The molecule has 0 radical (unpaired) electrons. The van der Waals surface area contributed by atoms with E-state index in [9.17, 15) is 0 Å². The van der Waals surface area contributed by atoms with Gasteiger partial charge in [-0.05, 0) is 25.9 Å². The van der Waals surface area contributed by atoms with Gasteiger partial charge in [-0.15, -0.1) is 0 Å². The predicted octanol–water partition coefficient (Wildman–Crippen LogP) is 1.03. The Morgan fingerprint density at radius 2 is 2.20 bits per heavy atom. The van der Waals surface area contributed by atoms with Crippen molar-refractivity contribution >= 4 is 15.9 Å². The molecule has 3 nitrogen and oxygen atoms in total.